The van der Waals surface area contributed by atoms with E-state index in [0.717, 1.165) is 16.0 Å². The number of fused-ring (bicyclic) bond motifs is 1. The summed E-state index contributed by atoms with van der Waals surface area (Å²) < 4.78 is 19.2. The van der Waals surface area contributed by atoms with Gasteiger partial charge in [-0.3, -0.25) is 9.59 Å². The molecule has 6 nitrogen and oxygen atoms in total. The lowest BCUT2D eigenvalue weighted by Gasteiger charge is -2.11. The molecule has 0 saturated heterocycles. The molecular weight excluding hydrogens is 297 g/mol. The quantitative estimate of drug-likeness (QED) is 0.672. The molecule has 21 heavy (non-hydrogen) atoms. The molecule has 0 aliphatic carbocycles. The van der Waals surface area contributed by atoms with Crippen molar-refractivity contribution in [2.75, 3.05) is 12.2 Å². The fraction of sp³-hybridized carbons (Fsp3) is 0.308. The van der Waals surface area contributed by atoms with Gasteiger partial charge in [-0.05, 0) is 18.6 Å². The van der Waals surface area contributed by atoms with E-state index in [1.807, 2.05) is 6.07 Å². The van der Waals surface area contributed by atoms with E-state index in [1.165, 1.54) is 7.11 Å². The van der Waals surface area contributed by atoms with Crippen LogP contribution in [-0.4, -0.2) is 30.0 Å². The summed E-state index contributed by atoms with van der Waals surface area (Å²) in [6.07, 6.45) is -0.195. The van der Waals surface area contributed by atoms with Crippen LogP contribution in [0.3, 0.4) is 0 Å². The minimum absolute atomic E-state index is 0.00529. The van der Waals surface area contributed by atoms with Crippen LogP contribution in [0.1, 0.15) is 12.8 Å². The number of para-hydroxylation sites is 1. The number of rotatable bonds is 5. The number of amides is 1. The van der Waals surface area contributed by atoms with Crippen molar-refractivity contribution in [1.82, 2.24) is 4.98 Å². The average molecular weight is 311 g/mol. The van der Waals surface area contributed by atoms with E-state index >= 15 is 0 Å². The number of benzene rings is 1. The number of halogens is 1. The summed E-state index contributed by atoms with van der Waals surface area (Å²) in [4.78, 5) is 26.9. The number of nitrogens with zero attached hydrogens (tertiary/aromatic N) is 2. The lowest BCUT2D eigenvalue weighted by atomic mass is 10.1. The summed E-state index contributed by atoms with van der Waals surface area (Å²) in [5, 5.41) is -0.0397. The van der Waals surface area contributed by atoms with Crippen LogP contribution in [0, 0.1) is 0 Å². The molecule has 0 radical (unpaired) electrons. The molecule has 0 bridgehead atoms. The maximum Gasteiger partial charge on any atom is 0.322 e. The van der Waals surface area contributed by atoms with Crippen LogP contribution in [-0.2, 0) is 14.3 Å². The first kappa shape index (κ1) is 15.3. The third-order valence-corrected chi connectivity index (χ3v) is 3.84. The number of hydrogen-bond donors (Lipinski definition) is 1. The van der Waals surface area contributed by atoms with Crippen molar-refractivity contribution in [1.29, 1.82) is 0 Å². The Hall–Kier alpha value is -2.06. The maximum atomic E-state index is 14.0. The van der Waals surface area contributed by atoms with Crippen molar-refractivity contribution in [2.24, 2.45) is 5.73 Å². The van der Waals surface area contributed by atoms with Crippen molar-refractivity contribution in [3.05, 3.63) is 24.3 Å². The number of aromatic nitrogens is 1. The summed E-state index contributed by atoms with van der Waals surface area (Å²) in [6.45, 7) is 0. The molecule has 2 rings (SSSR count). The zero-order valence-electron chi connectivity index (χ0n) is 11.3. The fourth-order valence-electron chi connectivity index (χ4n) is 1.70. The summed E-state index contributed by atoms with van der Waals surface area (Å²) in [5.74, 6) is -1.43. The molecule has 0 saturated carbocycles. The van der Waals surface area contributed by atoms with E-state index in [2.05, 4.69) is 9.72 Å². The molecule has 0 aliphatic rings. The molecule has 112 valence electrons. The van der Waals surface area contributed by atoms with Crippen LogP contribution in [0.15, 0.2) is 24.3 Å². The Balaban J connectivity index is 2.00. The molecular formula is C13H14FN3O3S. The van der Waals surface area contributed by atoms with Gasteiger partial charge in [-0.2, -0.15) is 0 Å². The van der Waals surface area contributed by atoms with Crippen molar-refractivity contribution in [3.63, 3.8) is 0 Å². The Morgan fingerprint density at radius 2 is 2.19 bits per heavy atom. The summed E-state index contributed by atoms with van der Waals surface area (Å²) in [5.41, 5.74) is 6.12. The minimum atomic E-state index is -0.942. The van der Waals surface area contributed by atoms with E-state index in [1.54, 1.807) is 18.2 Å². The second kappa shape index (κ2) is 6.59. The molecule has 0 spiro atoms. The second-order valence-electron chi connectivity index (χ2n) is 4.31. The summed E-state index contributed by atoms with van der Waals surface area (Å²) >= 11 is 1.07. The summed E-state index contributed by atoms with van der Waals surface area (Å²) in [7, 11) is 1.20. The smallest absolute Gasteiger partial charge is 0.322 e. The van der Waals surface area contributed by atoms with Gasteiger partial charge < -0.3 is 10.5 Å². The van der Waals surface area contributed by atoms with Gasteiger partial charge in [0.2, 0.25) is 5.13 Å². The Morgan fingerprint density at radius 1 is 1.48 bits per heavy atom. The van der Waals surface area contributed by atoms with Gasteiger partial charge in [-0.25, -0.2) is 4.98 Å². The van der Waals surface area contributed by atoms with Gasteiger partial charge in [0.1, 0.15) is 6.04 Å². The standard InChI is InChI=1S/C13H14FN3O3S/c1-20-12(19)8(15)6-7-11(18)17(14)13-16-9-4-2-3-5-10(9)21-13/h2-5,8H,6-7,15H2,1H3. The SMILES string of the molecule is COC(=O)C(N)CCC(=O)N(F)c1nc2ccccc2s1. The molecule has 1 aromatic carbocycles. The van der Waals surface area contributed by atoms with Crippen LogP contribution in [0.5, 0.6) is 0 Å². The number of esters is 1. The fourth-order valence-corrected chi connectivity index (χ4v) is 2.58. The van der Waals surface area contributed by atoms with E-state index < -0.39 is 17.9 Å². The number of anilines is 1. The van der Waals surface area contributed by atoms with Crippen LogP contribution in [0.4, 0.5) is 9.61 Å². The first-order valence-corrected chi connectivity index (χ1v) is 7.02. The van der Waals surface area contributed by atoms with Gasteiger partial charge in [-0.15, -0.1) is 5.12 Å². The number of carbonyl (C=O) groups excluding carboxylic acids is 2. The lowest BCUT2D eigenvalue weighted by molar-refractivity contribution is -0.142. The average Bonchev–Trinajstić information content (AvgIpc) is 2.94. The number of ether oxygens (including phenoxy) is 1. The molecule has 1 amide bonds. The molecule has 8 heteroatoms. The Kier molecular flexibility index (Phi) is 4.81. The van der Waals surface area contributed by atoms with Gasteiger partial charge in [-0.1, -0.05) is 28.0 Å². The number of hydrogen-bond acceptors (Lipinski definition) is 6. The lowest BCUT2D eigenvalue weighted by Crippen LogP contribution is -2.33. The highest BCUT2D eigenvalue weighted by Crippen LogP contribution is 2.29. The minimum Gasteiger partial charge on any atom is -0.468 e. The zero-order valence-corrected chi connectivity index (χ0v) is 12.1. The van der Waals surface area contributed by atoms with E-state index in [4.69, 9.17) is 5.73 Å². The maximum absolute atomic E-state index is 14.0. The molecule has 1 unspecified atom stereocenters. The highest BCUT2D eigenvalue weighted by Gasteiger charge is 2.22. The topological polar surface area (TPSA) is 85.5 Å². The third-order valence-electron chi connectivity index (χ3n) is 2.84. The molecule has 0 aliphatic heterocycles. The number of carbonyl (C=O) groups is 2. The number of nitrogens with two attached hydrogens (primary N) is 1. The molecule has 1 atom stereocenters. The van der Waals surface area contributed by atoms with Crippen LogP contribution in [0.25, 0.3) is 10.2 Å². The van der Waals surface area contributed by atoms with Crippen molar-refractivity contribution in [2.45, 2.75) is 18.9 Å². The molecule has 1 heterocycles. The van der Waals surface area contributed by atoms with E-state index in [0.29, 0.717) is 5.52 Å². The van der Waals surface area contributed by atoms with Crippen molar-refractivity contribution in [3.8, 4) is 0 Å². The number of methoxy groups -OCH3 is 1. The third kappa shape index (κ3) is 3.53. The molecule has 0 fully saturated rings. The monoisotopic (exact) mass is 311 g/mol. The Morgan fingerprint density at radius 3 is 2.86 bits per heavy atom. The van der Waals surface area contributed by atoms with Crippen molar-refractivity contribution >= 4 is 38.6 Å². The largest absolute Gasteiger partial charge is 0.468 e. The van der Waals surface area contributed by atoms with Crippen molar-refractivity contribution < 1.29 is 18.8 Å². The predicted octanol–water partition coefficient (Wildman–Crippen LogP) is 1.79. The van der Waals surface area contributed by atoms with Crippen LogP contribution >= 0.6 is 11.3 Å². The van der Waals surface area contributed by atoms with Gasteiger partial charge in [0.05, 0.1) is 17.3 Å². The molecule has 1 aromatic heterocycles. The van der Waals surface area contributed by atoms with Crippen LogP contribution < -0.4 is 10.9 Å². The first-order chi connectivity index (χ1) is 10.0. The molecule has 2 N–H and O–H groups in total. The predicted molar refractivity (Wildman–Crippen MR) is 77.4 cm³/mol. The van der Waals surface area contributed by atoms with E-state index in [9.17, 15) is 14.1 Å². The highest BCUT2D eigenvalue weighted by atomic mass is 32.1. The van der Waals surface area contributed by atoms with Crippen LogP contribution in [0.2, 0.25) is 0 Å². The number of thiazole rings is 1. The summed E-state index contributed by atoms with van der Waals surface area (Å²) in [6, 6.07) is 6.18. The van der Waals surface area contributed by atoms with Gasteiger partial charge in [0.25, 0.3) is 5.91 Å². The Labute approximate surface area is 124 Å². The normalized spacial score (nSPS) is 12.1. The van der Waals surface area contributed by atoms with Gasteiger partial charge in [0.15, 0.2) is 0 Å². The van der Waals surface area contributed by atoms with Gasteiger partial charge in [0, 0.05) is 6.42 Å². The zero-order chi connectivity index (χ0) is 15.4. The van der Waals surface area contributed by atoms with Gasteiger partial charge >= 0.3 is 5.97 Å². The Bertz CT molecular complexity index is 628. The molecule has 2 aromatic rings. The second-order valence-corrected chi connectivity index (χ2v) is 5.32. The highest BCUT2D eigenvalue weighted by molar-refractivity contribution is 7.22. The van der Waals surface area contributed by atoms with E-state index in [-0.39, 0.29) is 23.1 Å². The first-order valence-electron chi connectivity index (χ1n) is 6.20.